The van der Waals surface area contributed by atoms with Crippen molar-refractivity contribution in [1.82, 2.24) is 15.0 Å². The number of primary sulfonamides is 1. The molecule has 13 nitrogen and oxygen atoms in total. The molecule has 2 aliphatic rings. The first-order chi connectivity index (χ1) is 15.6. The van der Waals surface area contributed by atoms with E-state index in [1.165, 1.54) is 6.07 Å². The molecule has 180 valence electrons. The standard InChI is InChI=1S/C19H31N11O2S/c20-11-5-12(21)8-29(7-11)18-26-17(25-15-3-1-2-4-16(15)33(24,31)32)27-19(28-18)30-9-13(22)6-14(23)10-30/h1-4,11-14H,5-10,20-23H2,(H2,24,31,32)(H,25,26,27,28)/t11-,12+,13-,14+. The molecule has 33 heavy (non-hydrogen) atoms. The van der Waals surface area contributed by atoms with Crippen LogP contribution in [0.3, 0.4) is 0 Å². The maximum atomic E-state index is 12.0. The zero-order chi connectivity index (χ0) is 23.8. The highest BCUT2D eigenvalue weighted by molar-refractivity contribution is 7.89. The first kappa shape index (κ1) is 23.5. The third-order valence-electron chi connectivity index (χ3n) is 5.65. The van der Waals surface area contributed by atoms with Crippen molar-refractivity contribution >= 4 is 33.6 Å². The molecular weight excluding hydrogens is 446 g/mol. The molecule has 4 rings (SSSR count). The van der Waals surface area contributed by atoms with Crippen molar-refractivity contribution in [3.05, 3.63) is 24.3 Å². The Labute approximate surface area is 192 Å². The van der Waals surface area contributed by atoms with Crippen LogP contribution in [0.4, 0.5) is 23.5 Å². The van der Waals surface area contributed by atoms with Crippen LogP contribution in [0.15, 0.2) is 29.2 Å². The Kier molecular flexibility index (Phi) is 6.65. The minimum absolute atomic E-state index is 0.0717. The summed E-state index contributed by atoms with van der Waals surface area (Å²) in [6.07, 6.45) is 1.41. The van der Waals surface area contributed by atoms with Crippen LogP contribution in [-0.4, -0.2) is 73.7 Å². The van der Waals surface area contributed by atoms with E-state index in [9.17, 15) is 8.42 Å². The fourth-order valence-corrected chi connectivity index (χ4v) is 5.01. The number of benzene rings is 1. The molecule has 0 radical (unpaired) electrons. The molecule has 14 heteroatoms. The Morgan fingerprint density at radius 2 is 1.24 bits per heavy atom. The molecule has 0 aliphatic carbocycles. The van der Waals surface area contributed by atoms with Gasteiger partial charge in [-0.15, -0.1) is 0 Å². The van der Waals surface area contributed by atoms with E-state index in [-0.39, 0.29) is 40.7 Å². The zero-order valence-corrected chi connectivity index (χ0v) is 19.0. The average Bonchev–Trinajstić information content (AvgIpc) is 2.72. The van der Waals surface area contributed by atoms with Crippen molar-refractivity contribution < 1.29 is 8.42 Å². The van der Waals surface area contributed by atoms with E-state index in [2.05, 4.69) is 20.3 Å². The summed E-state index contributed by atoms with van der Waals surface area (Å²) in [6.45, 7) is 2.12. The van der Waals surface area contributed by atoms with Crippen molar-refractivity contribution in [2.75, 3.05) is 41.3 Å². The fourth-order valence-electron chi connectivity index (χ4n) is 4.31. The van der Waals surface area contributed by atoms with Crippen LogP contribution in [0.2, 0.25) is 0 Å². The van der Waals surface area contributed by atoms with Crippen LogP contribution in [0.5, 0.6) is 0 Å². The SMILES string of the molecule is N[C@@H]1C[C@H](N)CN(c2nc(Nc3ccccc3S(N)(=O)=O)nc(N3C[C@H](N)C[C@H](N)C3)n2)C1. The summed E-state index contributed by atoms with van der Waals surface area (Å²) >= 11 is 0. The lowest BCUT2D eigenvalue weighted by atomic mass is 10.0. The second-order valence-corrected chi connectivity index (χ2v) is 10.3. The van der Waals surface area contributed by atoms with E-state index in [0.29, 0.717) is 50.9 Å². The second kappa shape index (κ2) is 9.32. The van der Waals surface area contributed by atoms with Gasteiger partial charge in [-0.2, -0.15) is 15.0 Å². The quantitative estimate of drug-likeness (QED) is 0.275. The smallest absolute Gasteiger partial charge is 0.240 e. The van der Waals surface area contributed by atoms with Crippen LogP contribution in [0.1, 0.15) is 12.8 Å². The van der Waals surface area contributed by atoms with Gasteiger partial charge in [-0.05, 0) is 25.0 Å². The number of piperidine rings is 2. The fraction of sp³-hybridized carbons (Fsp3) is 0.526. The van der Waals surface area contributed by atoms with Gasteiger partial charge in [-0.3, -0.25) is 0 Å². The predicted octanol–water partition coefficient (Wildman–Crippen LogP) is -2.01. The highest BCUT2D eigenvalue weighted by Gasteiger charge is 2.29. The lowest BCUT2D eigenvalue weighted by Crippen LogP contribution is -2.54. The van der Waals surface area contributed by atoms with Crippen LogP contribution in [-0.2, 0) is 10.0 Å². The first-order valence-electron chi connectivity index (χ1n) is 10.8. The Bertz CT molecular complexity index is 1030. The van der Waals surface area contributed by atoms with Crippen LogP contribution < -0.4 is 43.2 Å². The molecule has 2 saturated heterocycles. The summed E-state index contributed by atoms with van der Waals surface area (Å²) in [5.74, 6) is 0.925. The summed E-state index contributed by atoms with van der Waals surface area (Å²) in [5.41, 5.74) is 24.9. The van der Waals surface area contributed by atoms with Gasteiger partial charge < -0.3 is 38.1 Å². The maximum Gasteiger partial charge on any atom is 0.240 e. The third-order valence-corrected chi connectivity index (χ3v) is 6.62. The Morgan fingerprint density at radius 3 is 1.70 bits per heavy atom. The highest BCUT2D eigenvalue weighted by Crippen LogP contribution is 2.26. The number of nitrogens with one attached hydrogen (secondary N) is 1. The topological polar surface area (TPSA) is 221 Å². The lowest BCUT2D eigenvalue weighted by molar-refractivity contribution is 0.441. The summed E-state index contributed by atoms with van der Waals surface area (Å²) in [5, 5.41) is 8.36. The average molecular weight is 478 g/mol. The summed E-state index contributed by atoms with van der Waals surface area (Å²) in [6, 6.07) is 5.79. The van der Waals surface area contributed by atoms with Crippen molar-refractivity contribution in [3.63, 3.8) is 0 Å². The van der Waals surface area contributed by atoms with Crippen molar-refractivity contribution in [2.45, 2.75) is 41.9 Å². The van der Waals surface area contributed by atoms with Gasteiger partial charge in [0.05, 0.1) is 5.69 Å². The number of nitrogens with two attached hydrogens (primary N) is 5. The van der Waals surface area contributed by atoms with Crippen molar-refractivity contribution in [2.24, 2.45) is 28.1 Å². The van der Waals surface area contributed by atoms with E-state index < -0.39 is 10.0 Å². The van der Waals surface area contributed by atoms with Gasteiger partial charge in [0.1, 0.15) is 4.90 Å². The van der Waals surface area contributed by atoms with Gasteiger partial charge in [0, 0.05) is 50.3 Å². The van der Waals surface area contributed by atoms with E-state index in [0.717, 1.165) is 0 Å². The van der Waals surface area contributed by atoms with Gasteiger partial charge in [-0.25, -0.2) is 13.6 Å². The summed E-state index contributed by atoms with van der Waals surface area (Å²) in [4.78, 5) is 17.5. The highest BCUT2D eigenvalue weighted by atomic mass is 32.2. The van der Waals surface area contributed by atoms with Gasteiger partial charge in [-0.1, -0.05) is 12.1 Å². The molecule has 1 aromatic carbocycles. The number of rotatable bonds is 5. The van der Waals surface area contributed by atoms with E-state index in [4.69, 9.17) is 28.1 Å². The van der Waals surface area contributed by atoms with E-state index in [1.807, 2.05) is 9.80 Å². The molecule has 4 atom stereocenters. The molecule has 2 aliphatic heterocycles. The Hall–Kier alpha value is -2.62. The molecule has 11 N–H and O–H groups in total. The van der Waals surface area contributed by atoms with Crippen molar-refractivity contribution in [3.8, 4) is 0 Å². The molecule has 0 bridgehead atoms. The number of nitrogens with zero attached hydrogens (tertiary/aromatic N) is 5. The number of sulfonamides is 1. The normalized spacial score (nSPS) is 26.3. The molecule has 0 spiro atoms. The van der Waals surface area contributed by atoms with Crippen LogP contribution >= 0.6 is 0 Å². The van der Waals surface area contributed by atoms with E-state index in [1.54, 1.807) is 18.2 Å². The minimum Gasteiger partial charge on any atom is -0.338 e. The Balaban J connectivity index is 1.74. The molecule has 0 amide bonds. The lowest BCUT2D eigenvalue weighted by Gasteiger charge is -2.37. The minimum atomic E-state index is -3.96. The van der Waals surface area contributed by atoms with E-state index >= 15 is 0 Å². The van der Waals surface area contributed by atoms with Crippen molar-refractivity contribution in [1.29, 1.82) is 0 Å². The van der Waals surface area contributed by atoms with Gasteiger partial charge >= 0.3 is 0 Å². The van der Waals surface area contributed by atoms with Gasteiger partial charge in [0.2, 0.25) is 27.9 Å². The van der Waals surface area contributed by atoms with Gasteiger partial charge in [0.15, 0.2) is 0 Å². The molecule has 0 unspecified atom stereocenters. The molecule has 3 heterocycles. The first-order valence-corrected chi connectivity index (χ1v) is 12.3. The molecule has 1 aromatic heterocycles. The predicted molar refractivity (Wildman–Crippen MR) is 126 cm³/mol. The molecule has 0 saturated carbocycles. The summed E-state index contributed by atoms with van der Waals surface area (Å²) < 4.78 is 24.1. The molecule has 2 aromatic rings. The number of hydrogen-bond acceptors (Lipinski definition) is 12. The number of anilines is 4. The molecular formula is C19H31N11O2S. The maximum absolute atomic E-state index is 12.0. The number of para-hydroxylation sites is 1. The molecule has 2 fully saturated rings. The number of hydrogen-bond donors (Lipinski definition) is 6. The summed E-state index contributed by atoms with van der Waals surface area (Å²) in [7, 11) is -3.96. The second-order valence-electron chi connectivity index (χ2n) is 8.75. The van der Waals surface area contributed by atoms with Gasteiger partial charge in [0.25, 0.3) is 0 Å². The zero-order valence-electron chi connectivity index (χ0n) is 18.2. The monoisotopic (exact) mass is 477 g/mol. The third kappa shape index (κ3) is 5.66. The number of aromatic nitrogens is 3. The van der Waals surface area contributed by atoms with Crippen LogP contribution in [0, 0.1) is 0 Å². The van der Waals surface area contributed by atoms with Crippen LogP contribution in [0.25, 0.3) is 0 Å². The Morgan fingerprint density at radius 1 is 0.788 bits per heavy atom. The largest absolute Gasteiger partial charge is 0.338 e.